The monoisotopic (exact) mass is 346 g/mol. The number of anilines is 1. The Bertz CT molecular complexity index is 780. The number of pyridine rings is 1. The summed E-state index contributed by atoms with van der Waals surface area (Å²) in [7, 11) is 1.53. The van der Waals surface area contributed by atoms with Crippen LogP contribution in [0.1, 0.15) is 25.1 Å². The van der Waals surface area contributed by atoms with Crippen molar-refractivity contribution in [1.82, 2.24) is 24.6 Å². The van der Waals surface area contributed by atoms with Gasteiger partial charge in [0.2, 0.25) is 5.88 Å². The molecule has 3 rings (SSSR count). The minimum Gasteiger partial charge on any atom is -0.481 e. The van der Waals surface area contributed by atoms with Gasteiger partial charge in [-0.1, -0.05) is 0 Å². The fourth-order valence-corrected chi connectivity index (χ4v) is 2.78. The van der Waals surface area contributed by atoms with Crippen molar-refractivity contribution in [2.45, 2.75) is 38.8 Å². The molecule has 9 nitrogen and oxygen atoms in total. The molecule has 0 fully saturated rings. The highest BCUT2D eigenvalue weighted by Crippen LogP contribution is 2.11. The van der Waals surface area contributed by atoms with Gasteiger partial charge in [0.1, 0.15) is 5.82 Å². The molecule has 0 unspecified atom stereocenters. The summed E-state index contributed by atoms with van der Waals surface area (Å²) in [6, 6.07) is 3.06. The van der Waals surface area contributed by atoms with Crippen molar-refractivity contribution in [3.63, 3.8) is 0 Å². The number of methoxy groups -OCH3 is 1. The van der Waals surface area contributed by atoms with E-state index >= 15 is 0 Å². The van der Waals surface area contributed by atoms with E-state index in [1.54, 1.807) is 16.7 Å². The zero-order valence-corrected chi connectivity index (χ0v) is 14.2. The van der Waals surface area contributed by atoms with Gasteiger partial charge in [0.25, 0.3) is 0 Å². The van der Waals surface area contributed by atoms with Crippen molar-refractivity contribution < 1.29 is 9.53 Å². The van der Waals surface area contributed by atoms with E-state index in [4.69, 9.17) is 4.74 Å². The lowest BCUT2D eigenvalue weighted by atomic mass is 10.2. The summed E-state index contributed by atoms with van der Waals surface area (Å²) in [4.78, 5) is 28.0. The Labute approximate surface area is 145 Å². The molecule has 1 aliphatic heterocycles. The number of aryl methyl sites for hydroxylation is 2. The highest BCUT2D eigenvalue weighted by Gasteiger charge is 2.16. The minimum atomic E-state index is -0.316. The maximum absolute atomic E-state index is 12.2. The zero-order chi connectivity index (χ0) is 17.6. The molecule has 1 aliphatic rings. The van der Waals surface area contributed by atoms with Gasteiger partial charge in [-0.2, -0.15) is 5.10 Å². The van der Waals surface area contributed by atoms with Crippen molar-refractivity contribution in [3.8, 4) is 5.88 Å². The summed E-state index contributed by atoms with van der Waals surface area (Å²) in [5.74, 6) is 1.35. The number of hydrogen-bond acceptors (Lipinski definition) is 5. The molecule has 25 heavy (non-hydrogen) atoms. The summed E-state index contributed by atoms with van der Waals surface area (Å²) in [6.07, 6.45) is 5.12. The fourth-order valence-electron chi connectivity index (χ4n) is 2.78. The number of carbonyl (C=O) groups is 1. The standard InChI is InChI=1S/C16H22N6O3/c1-25-14-7-6-12(11-18-14)19-15(23)17-8-4-10-22-16(24)21-9-3-2-5-13(21)20-22/h6-7,11H,2-5,8-10H2,1H3,(H2,17,19,23). The molecule has 0 aromatic carbocycles. The average Bonchev–Trinajstić information content (AvgIpc) is 2.96. The SMILES string of the molecule is COc1ccc(NC(=O)NCCCn2nc3n(c2=O)CCCC3)cn1. The molecule has 9 heteroatoms. The van der Waals surface area contributed by atoms with E-state index in [9.17, 15) is 9.59 Å². The quantitative estimate of drug-likeness (QED) is 0.760. The third-order valence-corrected chi connectivity index (χ3v) is 4.07. The van der Waals surface area contributed by atoms with Crippen LogP contribution < -0.4 is 21.1 Å². The normalized spacial score (nSPS) is 13.2. The molecule has 2 aromatic rings. The van der Waals surface area contributed by atoms with Crippen LogP contribution in [0.2, 0.25) is 0 Å². The highest BCUT2D eigenvalue weighted by atomic mass is 16.5. The second-order valence-corrected chi connectivity index (χ2v) is 5.85. The van der Waals surface area contributed by atoms with Crippen molar-refractivity contribution >= 4 is 11.7 Å². The van der Waals surface area contributed by atoms with E-state index in [0.717, 1.165) is 31.6 Å². The summed E-state index contributed by atoms with van der Waals surface area (Å²) in [6.45, 7) is 1.69. The van der Waals surface area contributed by atoms with Crippen LogP contribution in [-0.4, -0.2) is 39.0 Å². The predicted molar refractivity (Wildman–Crippen MR) is 91.9 cm³/mol. The van der Waals surface area contributed by atoms with Gasteiger partial charge in [-0.3, -0.25) is 4.57 Å². The van der Waals surface area contributed by atoms with Crippen LogP contribution in [0.4, 0.5) is 10.5 Å². The van der Waals surface area contributed by atoms with Crippen LogP contribution in [0.5, 0.6) is 5.88 Å². The Morgan fingerprint density at radius 1 is 1.36 bits per heavy atom. The number of ether oxygens (including phenoxy) is 1. The number of urea groups is 1. The lowest BCUT2D eigenvalue weighted by Crippen LogP contribution is -2.31. The molecule has 2 aromatic heterocycles. The van der Waals surface area contributed by atoms with E-state index in [0.29, 0.717) is 31.1 Å². The Morgan fingerprint density at radius 2 is 2.24 bits per heavy atom. The largest absolute Gasteiger partial charge is 0.481 e. The van der Waals surface area contributed by atoms with Crippen LogP contribution in [0.15, 0.2) is 23.1 Å². The Morgan fingerprint density at radius 3 is 2.96 bits per heavy atom. The molecule has 0 saturated carbocycles. The number of carbonyl (C=O) groups excluding carboxylic acids is 1. The molecule has 0 bridgehead atoms. The number of fused-ring (bicyclic) bond motifs is 1. The van der Waals surface area contributed by atoms with E-state index < -0.39 is 0 Å². The first-order valence-electron chi connectivity index (χ1n) is 8.39. The van der Waals surface area contributed by atoms with Gasteiger partial charge in [-0.25, -0.2) is 19.3 Å². The topological polar surface area (TPSA) is 103 Å². The van der Waals surface area contributed by atoms with E-state index in [2.05, 4.69) is 20.7 Å². The summed E-state index contributed by atoms with van der Waals surface area (Å²) < 4.78 is 8.20. The lowest BCUT2D eigenvalue weighted by Gasteiger charge is -2.09. The minimum absolute atomic E-state index is 0.0524. The Hall–Kier alpha value is -2.84. The van der Waals surface area contributed by atoms with Gasteiger partial charge in [0.05, 0.1) is 19.0 Å². The smallest absolute Gasteiger partial charge is 0.345 e. The van der Waals surface area contributed by atoms with E-state index in [1.165, 1.54) is 18.0 Å². The molecule has 0 aliphatic carbocycles. The highest BCUT2D eigenvalue weighted by molar-refractivity contribution is 5.88. The number of nitrogens with zero attached hydrogens (tertiary/aromatic N) is 4. The molecule has 0 saturated heterocycles. The third-order valence-electron chi connectivity index (χ3n) is 4.07. The third kappa shape index (κ3) is 4.17. The molecular weight excluding hydrogens is 324 g/mol. The average molecular weight is 346 g/mol. The molecule has 3 heterocycles. The molecular formula is C16H22N6O3. The summed E-state index contributed by atoms with van der Waals surface area (Å²) >= 11 is 0. The van der Waals surface area contributed by atoms with Crippen LogP contribution in [0.25, 0.3) is 0 Å². The maximum Gasteiger partial charge on any atom is 0.345 e. The van der Waals surface area contributed by atoms with Gasteiger partial charge in [-0.05, 0) is 25.3 Å². The van der Waals surface area contributed by atoms with Gasteiger partial charge in [0.15, 0.2) is 0 Å². The molecule has 2 N–H and O–H groups in total. The summed E-state index contributed by atoms with van der Waals surface area (Å²) in [5, 5.41) is 9.81. The van der Waals surface area contributed by atoms with Crippen LogP contribution in [0, 0.1) is 0 Å². The molecule has 134 valence electrons. The van der Waals surface area contributed by atoms with Gasteiger partial charge in [0, 0.05) is 32.1 Å². The molecule has 0 radical (unpaired) electrons. The first-order chi connectivity index (χ1) is 12.2. The number of amides is 2. The lowest BCUT2D eigenvalue weighted by molar-refractivity contribution is 0.251. The number of aromatic nitrogens is 4. The number of nitrogens with one attached hydrogen (secondary N) is 2. The molecule has 0 atom stereocenters. The molecule has 0 spiro atoms. The summed E-state index contributed by atoms with van der Waals surface area (Å²) in [5.41, 5.74) is 0.528. The van der Waals surface area contributed by atoms with Crippen LogP contribution in [-0.2, 0) is 19.5 Å². The Balaban J connectivity index is 1.43. The predicted octanol–water partition coefficient (Wildman–Crippen LogP) is 0.996. The van der Waals surface area contributed by atoms with E-state index in [-0.39, 0.29) is 11.7 Å². The van der Waals surface area contributed by atoms with Gasteiger partial charge >= 0.3 is 11.7 Å². The van der Waals surface area contributed by atoms with Gasteiger partial charge in [-0.15, -0.1) is 0 Å². The maximum atomic E-state index is 12.2. The first-order valence-corrected chi connectivity index (χ1v) is 8.39. The van der Waals surface area contributed by atoms with Crippen molar-refractivity contribution in [2.24, 2.45) is 0 Å². The number of hydrogen-bond donors (Lipinski definition) is 2. The number of rotatable bonds is 6. The van der Waals surface area contributed by atoms with E-state index in [1.807, 2.05) is 0 Å². The second-order valence-electron chi connectivity index (χ2n) is 5.85. The fraction of sp³-hybridized carbons (Fsp3) is 0.500. The molecule has 2 amide bonds. The van der Waals surface area contributed by atoms with Crippen molar-refractivity contribution in [1.29, 1.82) is 0 Å². The zero-order valence-electron chi connectivity index (χ0n) is 14.2. The Kier molecular flexibility index (Phi) is 5.32. The second kappa shape index (κ2) is 7.82. The van der Waals surface area contributed by atoms with Crippen molar-refractivity contribution in [2.75, 3.05) is 19.0 Å². The van der Waals surface area contributed by atoms with Crippen molar-refractivity contribution in [3.05, 3.63) is 34.6 Å². The van der Waals surface area contributed by atoms with Gasteiger partial charge < -0.3 is 15.4 Å². The first kappa shape index (κ1) is 17.0. The van der Waals surface area contributed by atoms with Crippen LogP contribution >= 0.6 is 0 Å². The van der Waals surface area contributed by atoms with Crippen LogP contribution in [0.3, 0.4) is 0 Å².